The Morgan fingerprint density at radius 1 is 1.12 bits per heavy atom. The van der Waals surface area contributed by atoms with E-state index in [1.165, 1.54) is 11.1 Å². The van der Waals surface area contributed by atoms with E-state index in [2.05, 4.69) is 4.89 Å². The zero-order valence-electron chi connectivity index (χ0n) is 10.8. The van der Waals surface area contributed by atoms with Gasteiger partial charge in [-0.1, -0.05) is 52.0 Å². The van der Waals surface area contributed by atoms with E-state index in [0.717, 1.165) is 0 Å². The van der Waals surface area contributed by atoms with E-state index in [9.17, 15) is 4.79 Å². The standard InChI is InChI=1S/C12H14O3.C2H6/c1-7-9-5-3-4-6-10(9)8(2)11(7)12(13)15-14;1-2/h3-8,11,14H,1-2H3;1-2H3/t7-,8+,11?;. The minimum Gasteiger partial charge on any atom is -0.301 e. The lowest BCUT2D eigenvalue weighted by Crippen LogP contribution is -2.21. The Balaban J connectivity index is 0.000000686. The number of hydrogen-bond donors (Lipinski definition) is 1. The molecule has 94 valence electrons. The summed E-state index contributed by atoms with van der Waals surface area (Å²) in [5.74, 6) is -0.592. The van der Waals surface area contributed by atoms with Crippen molar-refractivity contribution < 1.29 is 14.9 Å². The Labute approximate surface area is 102 Å². The van der Waals surface area contributed by atoms with Crippen LogP contribution in [-0.4, -0.2) is 11.2 Å². The van der Waals surface area contributed by atoms with Gasteiger partial charge < -0.3 is 4.89 Å². The minimum absolute atomic E-state index is 0.107. The van der Waals surface area contributed by atoms with E-state index < -0.39 is 5.97 Å². The van der Waals surface area contributed by atoms with Gasteiger partial charge in [-0.15, -0.1) is 0 Å². The van der Waals surface area contributed by atoms with Crippen molar-refractivity contribution in [2.45, 2.75) is 39.5 Å². The smallest absolute Gasteiger partial charge is 0.301 e. The lowest BCUT2D eigenvalue weighted by atomic mass is 9.89. The maximum absolute atomic E-state index is 11.4. The van der Waals surface area contributed by atoms with Crippen LogP contribution in [-0.2, 0) is 9.68 Å². The fourth-order valence-corrected chi connectivity index (χ4v) is 2.63. The molecule has 1 aliphatic carbocycles. The van der Waals surface area contributed by atoms with Crippen LogP contribution in [0.1, 0.15) is 50.7 Å². The maximum atomic E-state index is 11.4. The Hall–Kier alpha value is -1.35. The van der Waals surface area contributed by atoms with Crippen molar-refractivity contribution in [2.75, 3.05) is 0 Å². The van der Waals surface area contributed by atoms with Crippen LogP contribution in [0, 0.1) is 5.92 Å². The normalized spacial score (nSPS) is 25.6. The van der Waals surface area contributed by atoms with Gasteiger partial charge >= 0.3 is 5.97 Å². The van der Waals surface area contributed by atoms with E-state index in [1.807, 2.05) is 52.0 Å². The molecule has 0 saturated carbocycles. The summed E-state index contributed by atoms with van der Waals surface area (Å²) in [7, 11) is 0. The Morgan fingerprint density at radius 3 is 1.88 bits per heavy atom. The number of rotatable bonds is 1. The second-order valence-corrected chi connectivity index (χ2v) is 4.14. The first-order valence-electron chi connectivity index (χ1n) is 6.11. The van der Waals surface area contributed by atoms with E-state index in [-0.39, 0.29) is 17.8 Å². The summed E-state index contributed by atoms with van der Waals surface area (Å²) < 4.78 is 0. The van der Waals surface area contributed by atoms with Gasteiger partial charge in [0.1, 0.15) is 0 Å². The van der Waals surface area contributed by atoms with Gasteiger partial charge in [-0.3, -0.25) is 0 Å². The summed E-state index contributed by atoms with van der Waals surface area (Å²) >= 11 is 0. The van der Waals surface area contributed by atoms with E-state index in [4.69, 9.17) is 5.26 Å². The highest BCUT2D eigenvalue weighted by atomic mass is 17.1. The van der Waals surface area contributed by atoms with Gasteiger partial charge in [0.15, 0.2) is 0 Å². The van der Waals surface area contributed by atoms with Gasteiger partial charge in [0.25, 0.3) is 0 Å². The minimum atomic E-state index is -0.536. The SMILES string of the molecule is CC.C[C@@H]1c2ccccc2[C@H](C)C1C(=O)OO. The van der Waals surface area contributed by atoms with Gasteiger partial charge in [-0.25, -0.2) is 4.79 Å². The van der Waals surface area contributed by atoms with Crippen molar-refractivity contribution in [1.29, 1.82) is 0 Å². The molecule has 0 saturated heterocycles. The number of fused-ring (bicyclic) bond motifs is 1. The molecule has 0 radical (unpaired) electrons. The van der Waals surface area contributed by atoms with Gasteiger partial charge in [0, 0.05) is 0 Å². The molecule has 0 amide bonds. The molecule has 0 fully saturated rings. The third-order valence-corrected chi connectivity index (χ3v) is 3.42. The van der Waals surface area contributed by atoms with Crippen molar-refractivity contribution in [3.8, 4) is 0 Å². The monoisotopic (exact) mass is 236 g/mol. The summed E-state index contributed by atoms with van der Waals surface area (Å²) in [5, 5.41) is 8.46. The first kappa shape index (κ1) is 13.7. The molecule has 0 spiro atoms. The van der Waals surface area contributed by atoms with Crippen molar-refractivity contribution in [2.24, 2.45) is 5.92 Å². The maximum Gasteiger partial charge on any atom is 0.346 e. The highest BCUT2D eigenvalue weighted by Crippen LogP contribution is 2.46. The van der Waals surface area contributed by atoms with Crippen LogP contribution in [0.25, 0.3) is 0 Å². The molecule has 3 heteroatoms. The number of hydrogen-bond acceptors (Lipinski definition) is 3. The average Bonchev–Trinajstić information content (AvgIpc) is 2.64. The molecule has 1 N–H and O–H groups in total. The second-order valence-electron chi connectivity index (χ2n) is 4.14. The molecule has 0 bridgehead atoms. The van der Waals surface area contributed by atoms with Gasteiger partial charge in [-0.05, 0) is 23.0 Å². The van der Waals surface area contributed by atoms with E-state index in [1.54, 1.807) is 0 Å². The fraction of sp³-hybridized carbons (Fsp3) is 0.500. The first-order valence-corrected chi connectivity index (χ1v) is 6.11. The fourth-order valence-electron chi connectivity index (χ4n) is 2.63. The topological polar surface area (TPSA) is 46.5 Å². The molecule has 1 aromatic carbocycles. The lowest BCUT2D eigenvalue weighted by Gasteiger charge is -2.15. The van der Waals surface area contributed by atoms with Crippen LogP contribution in [0.2, 0.25) is 0 Å². The lowest BCUT2D eigenvalue weighted by molar-refractivity contribution is -0.239. The molecule has 0 aromatic heterocycles. The van der Waals surface area contributed by atoms with Gasteiger partial charge in [0.2, 0.25) is 0 Å². The van der Waals surface area contributed by atoms with Crippen LogP contribution < -0.4 is 0 Å². The van der Waals surface area contributed by atoms with E-state index in [0.29, 0.717) is 0 Å². The van der Waals surface area contributed by atoms with Gasteiger partial charge in [0.05, 0.1) is 5.92 Å². The average molecular weight is 236 g/mol. The molecular weight excluding hydrogens is 216 g/mol. The molecule has 17 heavy (non-hydrogen) atoms. The van der Waals surface area contributed by atoms with E-state index >= 15 is 0 Å². The molecule has 0 heterocycles. The molecule has 1 unspecified atom stereocenters. The summed E-state index contributed by atoms with van der Waals surface area (Å²) in [6.07, 6.45) is 0. The van der Waals surface area contributed by atoms with Crippen LogP contribution in [0.4, 0.5) is 0 Å². The van der Waals surface area contributed by atoms with Crippen molar-refractivity contribution in [3.05, 3.63) is 35.4 Å². The molecule has 3 atom stereocenters. The van der Waals surface area contributed by atoms with Crippen molar-refractivity contribution >= 4 is 5.97 Å². The van der Waals surface area contributed by atoms with Crippen LogP contribution in [0.3, 0.4) is 0 Å². The summed E-state index contributed by atoms with van der Waals surface area (Å²) in [6, 6.07) is 7.99. The van der Waals surface area contributed by atoms with Crippen LogP contribution in [0.15, 0.2) is 24.3 Å². The van der Waals surface area contributed by atoms with Crippen molar-refractivity contribution in [3.63, 3.8) is 0 Å². The zero-order valence-corrected chi connectivity index (χ0v) is 10.8. The third kappa shape index (κ3) is 2.34. The predicted octanol–water partition coefficient (Wildman–Crippen LogP) is 3.57. The molecule has 1 aromatic rings. The molecule has 1 aliphatic rings. The second kappa shape index (κ2) is 5.82. The number of carbonyl (C=O) groups is 1. The quantitative estimate of drug-likeness (QED) is 0.599. The predicted molar refractivity (Wildman–Crippen MR) is 66.8 cm³/mol. The Bertz CT molecular complexity index is 358. The summed E-state index contributed by atoms with van der Waals surface area (Å²) in [5.41, 5.74) is 2.36. The summed E-state index contributed by atoms with van der Waals surface area (Å²) in [4.78, 5) is 15.3. The van der Waals surface area contributed by atoms with Crippen LogP contribution in [0.5, 0.6) is 0 Å². The first-order chi connectivity index (χ1) is 8.16. The van der Waals surface area contributed by atoms with Crippen LogP contribution >= 0.6 is 0 Å². The zero-order chi connectivity index (χ0) is 13.0. The van der Waals surface area contributed by atoms with Crippen molar-refractivity contribution in [1.82, 2.24) is 0 Å². The number of benzene rings is 1. The van der Waals surface area contributed by atoms with Gasteiger partial charge in [-0.2, -0.15) is 5.26 Å². The molecule has 2 rings (SSSR count). The Morgan fingerprint density at radius 2 is 1.53 bits per heavy atom. The third-order valence-electron chi connectivity index (χ3n) is 3.42. The molecular formula is C14H20O3. The molecule has 0 aliphatic heterocycles. The highest BCUT2D eigenvalue weighted by molar-refractivity contribution is 5.76. The number of carbonyl (C=O) groups excluding carboxylic acids is 1. The Kier molecular flexibility index (Phi) is 4.70. The highest BCUT2D eigenvalue weighted by Gasteiger charge is 2.41. The summed E-state index contributed by atoms with van der Waals surface area (Å²) in [6.45, 7) is 7.98. The largest absolute Gasteiger partial charge is 0.346 e. The molecule has 3 nitrogen and oxygen atoms in total.